The summed E-state index contributed by atoms with van der Waals surface area (Å²) in [4.78, 5) is 34.4. The van der Waals surface area contributed by atoms with Gasteiger partial charge in [-0.3, -0.25) is 9.69 Å². The van der Waals surface area contributed by atoms with Crippen molar-refractivity contribution in [2.24, 2.45) is 0 Å². The molecule has 0 atom stereocenters. The van der Waals surface area contributed by atoms with E-state index in [1.807, 2.05) is 17.0 Å². The lowest BCUT2D eigenvalue weighted by Crippen LogP contribution is -2.36. The van der Waals surface area contributed by atoms with Crippen LogP contribution in [0.4, 0.5) is 0 Å². The molecule has 0 bridgehead atoms. The molecule has 3 aromatic heterocycles. The molecule has 8 heteroatoms. The number of aromatic amines is 1. The molecule has 1 aliphatic heterocycles. The second kappa shape index (κ2) is 7.02. The van der Waals surface area contributed by atoms with Crippen LogP contribution in [0.1, 0.15) is 16.8 Å². The summed E-state index contributed by atoms with van der Waals surface area (Å²) >= 11 is 6.50. The largest absolute Gasteiger partial charge is 0.461 e. The molecule has 0 amide bonds. The van der Waals surface area contributed by atoms with E-state index in [1.54, 1.807) is 24.3 Å². The van der Waals surface area contributed by atoms with Crippen LogP contribution in [0, 0.1) is 0 Å². The maximum Gasteiger partial charge on any atom is 0.342 e. The summed E-state index contributed by atoms with van der Waals surface area (Å²) < 4.78 is 10.7. The molecule has 0 aliphatic carbocycles. The fourth-order valence-electron chi connectivity index (χ4n) is 3.65. The van der Waals surface area contributed by atoms with E-state index in [4.69, 9.17) is 20.4 Å². The predicted octanol–water partition coefficient (Wildman–Crippen LogP) is 3.35. The molecular weight excluding hydrogens is 394 g/mol. The van der Waals surface area contributed by atoms with Gasteiger partial charge < -0.3 is 13.8 Å². The average Bonchev–Trinajstić information content (AvgIpc) is 3.26. The highest BCUT2D eigenvalue weighted by molar-refractivity contribution is 6.35. The van der Waals surface area contributed by atoms with E-state index in [-0.39, 0.29) is 5.56 Å². The third-order valence-electron chi connectivity index (χ3n) is 5.12. The second-order valence-electron chi connectivity index (χ2n) is 6.96. The highest BCUT2D eigenvalue weighted by Crippen LogP contribution is 2.27. The Kier molecular flexibility index (Phi) is 4.34. The van der Waals surface area contributed by atoms with Gasteiger partial charge in [0.05, 0.1) is 28.1 Å². The van der Waals surface area contributed by atoms with E-state index in [0.717, 1.165) is 5.69 Å². The number of furan rings is 1. The van der Waals surface area contributed by atoms with Crippen LogP contribution in [0.5, 0.6) is 0 Å². The fraction of sp³-hybridized carbons (Fsp3) is 0.190. The van der Waals surface area contributed by atoms with E-state index in [0.29, 0.717) is 64.8 Å². The van der Waals surface area contributed by atoms with Gasteiger partial charge in [0.15, 0.2) is 11.6 Å². The van der Waals surface area contributed by atoms with Crippen molar-refractivity contribution in [3.05, 3.63) is 85.3 Å². The van der Waals surface area contributed by atoms with Crippen LogP contribution in [-0.2, 0) is 19.5 Å². The first kappa shape index (κ1) is 17.9. The number of hydrogen-bond donors (Lipinski definition) is 1. The third-order valence-corrected chi connectivity index (χ3v) is 5.55. The quantitative estimate of drug-likeness (QED) is 0.522. The number of rotatable bonds is 3. The second-order valence-corrected chi connectivity index (χ2v) is 7.33. The summed E-state index contributed by atoms with van der Waals surface area (Å²) in [5, 5.41) is 1.09. The van der Waals surface area contributed by atoms with E-state index in [2.05, 4.69) is 9.97 Å². The molecule has 5 rings (SSSR count). The zero-order chi connectivity index (χ0) is 20.0. The maximum atomic E-state index is 12.6. The Morgan fingerprint density at radius 1 is 1.17 bits per heavy atom. The molecule has 4 aromatic rings. The molecule has 29 heavy (non-hydrogen) atoms. The van der Waals surface area contributed by atoms with Gasteiger partial charge in [-0.05, 0) is 24.3 Å². The monoisotopic (exact) mass is 409 g/mol. The third kappa shape index (κ3) is 3.18. The lowest BCUT2D eigenvalue weighted by atomic mass is 10.1. The van der Waals surface area contributed by atoms with Crippen LogP contribution in [-0.4, -0.2) is 21.4 Å². The zero-order valence-corrected chi connectivity index (χ0v) is 16.0. The molecule has 0 saturated carbocycles. The summed E-state index contributed by atoms with van der Waals surface area (Å²) in [7, 11) is 0. The van der Waals surface area contributed by atoms with Gasteiger partial charge in [0, 0.05) is 31.4 Å². The molecular formula is C21H16ClN3O4. The van der Waals surface area contributed by atoms with Crippen molar-refractivity contribution in [1.29, 1.82) is 0 Å². The Morgan fingerprint density at radius 2 is 2.03 bits per heavy atom. The van der Waals surface area contributed by atoms with Gasteiger partial charge in [-0.1, -0.05) is 23.7 Å². The van der Waals surface area contributed by atoms with Crippen LogP contribution in [0.2, 0.25) is 5.02 Å². The summed E-state index contributed by atoms with van der Waals surface area (Å²) in [5.41, 5.74) is 1.52. The van der Waals surface area contributed by atoms with Gasteiger partial charge in [-0.25, -0.2) is 9.78 Å². The lowest BCUT2D eigenvalue weighted by Gasteiger charge is -2.27. The van der Waals surface area contributed by atoms with E-state index >= 15 is 0 Å². The van der Waals surface area contributed by atoms with E-state index in [9.17, 15) is 9.59 Å². The molecule has 0 spiro atoms. The van der Waals surface area contributed by atoms with Crippen molar-refractivity contribution in [1.82, 2.24) is 14.9 Å². The van der Waals surface area contributed by atoms with Gasteiger partial charge in [0.2, 0.25) is 0 Å². The number of halogens is 1. The van der Waals surface area contributed by atoms with E-state index in [1.165, 1.54) is 6.26 Å². The highest BCUT2D eigenvalue weighted by Gasteiger charge is 2.24. The van der Waals surface area contributed by atoms with Gasteiger partial charge in [-0.15, -0.1) is 0 Å². The van der Waals surface area contributed by atoms with Crippen molar-refractivity contribution in [2.75, 3.05) is 6.54 Å². The van der Waals surface area contributed by atoms with Crippen LogP contribution < -0.4 is 11.2 Å². The van der Waals surface area contributed by atoms with Crippen molar-refractivity contribution in [2.45, 2.75) is 19.5 Å². The summed E-state index contributed by atoms with van der Waals surface area (Å²) in [5.74, 6) is 0.943. The number of para-hydroxylation sites is 1. The van der Waals surface area contributed by atoms with Crippen LogP contribution in [0.3, 0.4) is 0 Å². The number of nitrogens with one attached hydrogen (secondary N) is 1. The molecule has 0 fully saturated rings. The molecule has 146 valence electrons. The number of fused-ring (bicyclic) bond motifs is 2. The Morgan fingerprint density at radius 3 is 2.86 bits per heavy atom. The molecule has 4 heterocycles. The summed E-state index contributed by atoms with van der Waals surface area (Å²) in [6, 6.07) is 10.7. The normalized spacial score (nSPS) is 14.2. The Bertz CT molecular complexity index is 1320. The smallest absolute Gasteiger partial charge is 0.342 e. The van der Waals surface area contributed by atoms with Gasteiger partial charge in [0.25, 0.3) is 5.56 Å². The van der Waals surface area contributed by atoms with E-state index < -0.39 is 5.63 Å². The number of H-pyrrole nitrogens is 1. The predicted molar refractivity (Wildman–Crippen MR) is 108 cm³/mol. The lowest BCUT2D eigenvalue weighted by molar-refractivity contribution is 0.239. The summed E-state index contributed by atoms with van der Waals surface area (Å²) in [6.07, 6.45) is 2.12. The fourth-order valence-corrected chi connectivity index (χ4v) is 3.95. The minimum Gasteiger partial charge on any atom is -0.461 e. The Balaban J connectivity index is 1.46. The first-order chi connectivity index (χ1) is 14.1. The van der Waals surface area contributed by atoms with Crippen LogP contribution >= 0.6 is 11.6 Å². The van der Waals surface area contributed by atoms with Crippen molar-refractivity contribution in [3.63, 3.8) is 0 Å². The molecule has 1 aliphatic rings. The standard InChI is InChI=1S/C21H16ClN3O4/c22-18-12-4-1-2-5-16(12)29-21(27)14(18)11-25-8-7-15-13(10-25)20(26)24-19(23-15)17-6-3-9-28-17/h1-6,9H,7-8,10-11H2,(H,23,24,26). The van der Waals surface area contributed by atoms with Crippen LogP contribution in [0.25, 0.3) is 22.6 Å². The number of nitrogens with zero attached hydrogens (tertiary/aromatic N) is 2. The molecule has 1 aromatic carbocycles. The maximum absolute atomic E-state index is 12.6. The minimum atomic E-state index is -0.459. The van der Waals surface area contributed by atoms with Crippen molar-refractivity contribution < 1.29 is 8.83 Å². The Hall–Kier alpha value is -3.16. The van der Waals surface area contributed by atoms with Gasteiger partial charge in [-0.2, -0.15) is 0 Å². The number of benzene rings is 1. The number of hydrogen-bond acceptors (Lipinski definition) is 6. The highest BCUT2D eigenvalue weighted by atomic mass is 35.5. The average molecular weight is 410 g/mol. The van der Waals surface area contributed by atoms with Gasteiger partial charge in [0.1, 0.15) is 5.58 Å². The Labute approximate surface area is 169 Å². The number of aromatic nitrogens is 2. The molecule has 0 saturated heterocycles. The molecule has 0 radical (unpaired) electrons. The zero-order valence-electron chi connectivity index (χ0n) is 15.3. The van der Waals surface area contributed by atoms with Crippen molar-refractivity contribution >= 4 is 22.6 Å². The molecule has 1 N–H and O–H groups in total. The molecule has 0 unspecified atom stereocenters. The van der Waals surface area contributed by atoms with Gasteiger partial charge >= 0.3 is 5.63 Å². The SMILES string of the molecule is O=c1[nH]c(-c2ccco2)nc2c1CN(Cc1c(Cl)c3ccccc3oc1=O)CC2. The van der Waals surface area contributed by atoms with Crippen LogP contribution in [0.15, 0.2) is 61.1 Å². The first-order valence-corrected chi connectivity index (χ1v) is 9.56. The topological polar surface area (TPSA) is 92.3 Å². The molecule has 7 nitrogen and oxygen atoms in total. The minimum absolute atomic E-state index is 0.206. The summed E-state index contributed by atoms with van der Waals surface area (Å²) in [6.45, 7) is 1.31. The first-order valence-electron chi connectivity index (χ1n) is 9.18. The van der Waals surface area contributed by atoms with Crippen molar-refractivity contribution in [3.8, 4) is 11.6 Å².